The van der Waals surface area contributed by atoms with E-state index < -0.39 is 5.38 Å². The van der Waals surface area contributed by atoms with Crippen molar-refractivity contribution in [2.75, 3.05) is 37.6 Å². The standard InChI is InChI=1S/C11H14ClN5/c12-10(8-13)9-16-4-6-17(7-5-16)11-14-2-1-3-15-11/h1-3,10H,4-7,9H2. The summed E-state index contributed by atoms with van der Waals surface area (Å²) in [6, 6.07) is 3.85. The number of anilines is 1. The van der Waals surface area contributed by atoms with Gasteiger partial charge in [-0.15, -0.1) is 11.6 Å². The average molecular weight is 252 g/mol. The van der Waals surface area contributed by atoms with Gasteiger partial charge < -0.3 is 4.90 Å². The Labute approximate surface area is 106 Å². The smallest absolute Gasteiger partial charge is 0.225 e. The third-order valence-corrected chi connectivity index (χ3v) is 3.00. The molecule has 1 saturated heterocycles. The largest absolute Gasteiger partial charge is 0.338 e. The zero-order chi connectivity index (χ0) is 12.1. The van der Waals surface area contributed by atoms with E-state index in [0.717, 1.165) is 32.1 Å². The Morgan fingerprint density at radius 2 is 1.94 bits per heavy atom. The van der Waals surface area contributed by atoms with E-state index in [9.17, 15) is 0 Å². The molecule has 1 atom stereocenters. The molecule has 90 valence electrons. The van der Waals surface area contributed by atoms with E-state index >= 15 is 0 Å². The van der Waals surface area contributed by atoms with Gasteiger partial charge in [0.05, 0.1) is 6.07 Å². The Morgan fingerprint density at radius 3 is 2.53 bits per heavy atom. The molecule has 1 unspecified atom stereocenters. The molecule has 0 aliphatic carbocycles. The number of hydrogen-bond acceptors (Lipinski definition) is 5. The second kappa shape index (κ2) is 5.80. The molecule has 2 rings (SSSR count). The number of aromatic nitrogens is 2. The first kappa shape index (κ1) is 12.1. The van der Waals surface area contributed by atoms with Crippen molar-refractivity contribution in [1.29, 1.82) is 5.26 Å². The van der Waals surface area contributed by atoms with E-state index in [1.807, 2.05) is 12.1 Å². The van der Waals surface area contributed by atoms with E-state index in [-0.39, 0.29) is 0 Å². The first-order valence-electron chi connectivity index (χ1n) is 5.57. The highest BCUT2D eigenvalue weighted by molar-refractivity contribution is 6.22. The number of nitriles is 1. The molecule has 1 aromatic rings. The predicted octanol–water partition coefficient (Wildman–Crippen LogP) is 0.730. The van der Waals surface area contributed by atoms with Crippen LogP contribution in [0.2, 0.25) is 0 Å². The monoisotopic (exact) mass is 251 g/mol. The zero-order valence-corrected chi connectivity index (χ0v) is 10.2. The van der Waals surface area contributed by atoms with E-state index in [0.29, 0.717) is 6.54 Å². The molecule has 17 heavy (non-hydrogen) atoms. The molecule has 1 aliphatic heterocycles. The fourth-order valence-corrected chi connectivity index (χ4v) is 2.05. The summed E-state index contributed by atoms with van der Waals surface area (Å²) in [5, 5.41) is 8.23. The van der Waals surface area contributed by atoms with E-state index in [2.05, 4.69) is 19.8 Å². The van der Waals surface area contributed by atoms with Crippen molar-refractivity contribution in [1.82, 2.24) is 14.9 Å². The topological polar surface area (TPSA) is 56.1 Å². The van der Waals surface area contributed by atoms with Crippen LogP contribution < -0.4 is 4.90 Å². The highest BCUT2D eigenvalue weighted by atomic mass is 35.5. The molecule has 2 heterocycles. The van der Waals surface area contributed by atoms with Crippen molar-refractivity contribution in [3.8, 4) is 6.07 Å². The molecule has 0 N–H and O–H groups in total. The Kier molecular flexibility index (Phi) is 4.13. The highest BCUT2D eigenvalue weighted by Crippen LogP contribution is 2.10. The maximum absolute atomic E-state index is 8.66. The number of nitrogens with zero attached hydrogens (tertiary/aromatic N) is 5. The van der Waals surface area contributed by atoms with Crippen LogP contribution in [0.3, 0.4) is 0 Å². The van der Waals surface area contributed by atoms with Gasteiger partial charge >= 0.3 is 0 Å². The van der Waals surface area contributed by atoms with Crippen molar-refractivity contribution in [2.24, 2.45) is 0 Å². The quantitative estimate of drug-likeness (QED) is 0.742. The first-order chi connectivity index (χ1) is 8.29. The lowest BCUT2D eigenvalue weighted by Gasteiger charge is -2.34. The van der Waals surface area contributed by atoms with Gasteiger partial charge in [0, 0.05) is 45.1 Å². The summed E-state index contributed by atoms with van der Waals surface area (Å²) >= 11 is 5.81. The second-order valence-electron chi connectivity index (χ2n) is 3.93. The zero-order valence-electron chi connectivity index (χ0n) is 9.46. The minimum atomic E-state index is -0.422. The van der Waals surface area contributed by atoms with E-state index in [1.165, 1.54) is 0 Å². The van der Waals surface area contributed by atoms with Gasteiger partial charge in [-0.05, 0) is 6.07 Å². The summed E-state index contributed by atoms with van der Waals surface area (Å²) in [4.78, 5) is 12.8. The summed E-state index contributed by atoms with van der Waals surface area (Å²) in [5.74, 6) is 0.773. The van der Waals surface area contributed by atoms with Gasteiger partial charge in [0.1, 0.15) is 5.38 Å². The summed E-state index contributed by atoms with van der Waals surface area (Å²) in [7, 11) is 0. The average Bonchev–Trinajstić information content (AvgIpc) is 2.40. The lowest BCUT2D eigenvalue weighted by molar-refractivity contribution is 0.264. The number of alkyl halides is 1. The summed E-state index contributed by atoms with van der Waals surface area (Å²) in [6.07, 6.45) is 3.50. The summed E-state index contributed by atoms with van der Waals surface area (Å²) < 4.78 is 0. The molecule has 6 heteroatoms. The molecule has 1 fully saturated rings. The van der Waals surface area contributed by atoms with Crippen LogP contribution in [0, 0.1) is 11.3 Å². The maximum Gasteiger partial charge on any atom is 0.225 e. The molecule has 0 amide bonds. The molecular weight excluding hydrogens is 238 g/mol. The number of rotatable bonds is 3. The summed E-state index contributed by atoms with van der Waals surface area (Å²) in [5.41, 5.74) is 0. The number of halogens is 1. The molecule has 0 bridgehead atoms. The van der Waals surface area contributed by atoms with Gasteiger partial charge in [-0.2, -0.15) is 5.26 Å². The van der Waals surface area contributed by atoms with E-state index in [4.69, 9.17) is 16.9 Å². The van der Waals surface area contributed by atoms with Crippen LogP contribution in [0.4, 0.5) is 5.95 Å². The maximum atomic E-state index is 8.66. The third kappa shape index (κ3) is 3.29. The van der Waals surface area contributed by atoms with Gasteiger partial charge in [-0.25, -0.2) is 9.97 Å². The van der Waals surface area contributed by atoms with Gasteiger partial charge in [0.2, 0.25) is 5.95 Å². The predicted molar refractivity (Wildman–Crippen MR) is 65.9 cm³/mol. The highest BCUT2D eigenvalue weighted by Gasteiger charge is 2.20. The third-order valence-electron chi connectivity index (χ3n) is 2.77. The van der Waals surface area contributed by atoms with Crippen LogP contribution in [-0.2, 0) is 0 Å². The minimum Gasteiger partial charge on any atom is -0.338 e. The van der Waals surface area contributed by atoms with Crippen molar-refractivity contribution < 1.29 is 0 Å². The molecule has 1 aliphatic rings. The first-order valence-corrected chi connectivity index (χ1v) is 6.01. The lowest BCUT2D eigenvalue weighted by Crippen LogP contribution is -2.48. The van der Waals surface area contributed by atoms with Gasteiger partial charge in [-0.1, -0.05) is 0 Å². The fourth-order valence-electron chi connectivity index (χ4n) is 1.85. The molecule has 1 aromatic heterocycles. The van der Waals surface area contributed by atoms with Crippen LogP contribution in [0.15, 0.2) is 18.5 Å². The van der Waals surface area contributed by atoms with Crippen LogP contribution in [0.1, 0.15) is 0 Å². The van der Waals surface area contributed by atoms with Crippen LogP contribution in [-0.4, -0.2) is 53.0 Å². The Balaban J connectivity index is 1.85. The molecule has 0 aromatic carbocycles. The van der Waals surface area contributed by atoms with Crippen molar-refractivity contribution in [3.63, 3.8) is 0 Å². The Hall–Kier alpha value is -1.38. The van der Waals surface area contributed by atoms with Gasteiger partial charge in [-0.3, -0.25) is 4.90 Å². The summed E-state index contributed by atoms with van der Waals surface area (Å²) in [6.45, 7) is 4.16. The van der Waals surface area contributed by atoms with Gasteiger partial charge in [0.15, 0.2) is 0 Å². The molecular formula is C11H14ClN5. The van der Waals surface area contributed by atoms with Crippen LogP contribution >= 0.6 is 11.6 Å². The normalized spacial score (nSPS) is 18.7. The number of piperazine rings is 1. The van der Waals surface area contributed by atoms with Crippen LogP contribution in [0.25, 0.3) is 0 Å². The Morgan fingerprint density at radius 1 is 1.29 bits per heavy atom. The molecule has 5 nitrogen and oxygen atoms in total. The van der Waals surface area contributed by atoms with Crippen molar-refractivity contribution in [2.45, 2.75) is 5.38 Å². The fraction of sp³-hybridized carbons (Fsp3) is 0.545. The van der Waals surface area contributed by atoms with Gasteiger partial charge in [0.25, 0.3) is 0 Å². The lowest BCUT2D eigenvalue weighted by atomic mass is 10.3. The molecule has 0 spiro atoms. The Bertz CT molecular complexity index is 383. The molecule has 0 radical (unpaired) electrons. The molecule has 0 saturated carbocycles. The van der Waals surface area contributed by atoms with Crippen molar-refractivity contribution >= 4 is 17.5 Å². The van der Waals surface area contributed by atoms with E-state index in [1.54, 1.807) is 12.4 Å². The minimum absolute atomic E-state index is 0.422. The van der Waals surface area contributed by atoms with Crippen molar-refractivity contribution in [3.05, 3.63) is 18.5 Å². The number of hydrogen-bond donors (Lipinski definition) is 0. The van der Waals surface area contributed by atoms with Crippen LogP contribution in [0.5, 0.6) is 0 Å². The SMILES string of the molecule is N#CC(Cl)CN1CCN(c2ncccn2)CC1. The second-order valence-corrected chi connectivity index (χ2v) is 4.46.